The van der Waals surface area contributed by atoms with Crippen LogP contribution >= 0.6 is 0 Å². The van der Waals surface area contributed by atoms with E-state index in [0.717, 1.165) is 31.8 Å². The number of amidine groups is 1. The molecule has 154 valence electrons. The SMILES string of the molecule is CCCCCCCCCCCCCC1=[N+](CC(=O)[O-])CCN1CCO.[Na+].[OH-]. The van der Waals surface area contributed by atoms with Crippen LogP contribution in [-0.4, -0.2) is 64.6 Å². The van der Waals surface area contributed by atoms with Gasteiger partial charge < -0.3 is 20.5 Å². The smallest absolute Gasteiger partial charge is 0.870 e. The molecule has 1 aliphatic heterocycles. The summed E-state index contributed by atoms with van der Waals surface area (Å²) in [6.07, 6.45) is 15.3. The molecule has 6 nitrogen and oxygen atoms in total. The summed E-state index contributed by atoms with van der Waals surface area (Å²) in [6, 6.07) is 0. The number of carboxylic acids is 1. The second-order valence-corrected chi connectivity index (χ2v) is 7.21. The number of carboxylic acid groups (broad SMARTS) is 1. The van der Waals surface area contributed by atoms with E-state index in [0.29, 0.717) is 6.54 Å². The first kappa shape index (κ1) is 29.1. The van der Waals surface area contributed by atoms with Crippen LogP contribution in [0.1, 0.15) is 84.0 Å². The van der Waals surface area contributed by atoms with Gasteiger partial charge >= 0.3 is 29.6 Å². The number of hydrogen-bond acceptors (Lipinski definition) is 5. The van der Waals surface area contributed by atoms with Gasteiger partial charge in [0.15, 0.2) is 0 Å². The third kappa shape index (κ3) is 13.6. The fourth-order valence-electron chi connectivity index (χ4n) is 3.65. The molecule has 0 aromatic heterocycles. The zero-order valence-corrected chi connectivity index (χ0v) is 19.6. The van der Waals surface area contributed by atoms with Crippen LogP contribution in [0.25, 0.3) is 0 Å². The molecule has 0 aromatic carbocycles. The van der Waals surface area contributed by atoms with Crippen LogP contribution < -0.4 is 34.7 Å². The summed E-state index contributed by atoms with van der Waals surface area (Å²) in [5.41, 5.74) is 0. The van der Waals surface area contributed by atoms with Crippen LogP contribution in [0.2, 0.25) is 0 Å². The second kappa shape index (κ2) is 19.2. The van der Waals surface area contributed by atoms with Gasteiger partial charge in [0.05, 0.1) is 12.6 Å². The fourth-order valence-corrected chi connectivity index (χ4v) is 3.65. The van der Waals surface area contributed by atoms with Crippen LogP contribution in [0.15, 0.2) is 0 Å². The van der Waals surface area contributed by atoms with Gasteiger partial charge in [-0.1, -0.05) is 71.1 Å². The molecule has 0 atom stereocenters. The Morgan fingerprint density at radius 1 is 1.04 bits per heavy atom. The van der Waals surface area contributed by atoms with Gasteiger partial charge in [0.2, 0.25) is 5.84 Å². The largest absolute Gasteiger partial charge is 1.00 e. The fraction of sp³-hybridized carbons (Fsp3) is 0.900. The number of unbranched alkanes of at least 4 members (excludes halogenated alkanes) is 10. The van der Waals surface area contributed by atoms with E-state index in [2.05, 4.69) is 11.8 Å². The van der Waals surface area contributed by atoms with E-state index < -0.39 is 5.97 Å². The van der Waals surface area contributed by atoms with E-state index in [1.54, 1.807) is 0 Å². The number of aliphatic hydroxyl groups is 1. The van der Waals surface area contributed by atoms with E-state index in [1.807, 2.05) is 4.58 Å². The molecule has 7 heteroatoms. The maximum absolute atomic E-state index is 10.9. The van der Waals surface area contributed by atoms with E-state index in [9.17, 15) is 15.0 Å². The van der Waals surface area contributed by atoms with Gasteiger partial charge in [-0.15, -0.1) is 0 Å². The van der Waals surface area contributed by atoms with Gasteiger partial charge in [-0.2, -0.15) is 0 Å². The third-order valence-electron chi connectivity index (χ3n) is 5.06. The Morgan fingerprint density at radius 3 is 2.04 bits per heavy atom. The van der Waals surface area contributed by atoms with Crippen LogP contribution in [-0.2, 0) is 4.79 Å². The van der Waals surface area contributed by atoms with E-state index in [4.69, 9.17) is 0 Å². The standard InChI is InChI=1S/C20H38N2O3.Na.H2O/c1-2-3-4-5-6-7-8-9-10-11-12-13-19-21(16-17-23)14-15-22(19)18-20(24)25;;/h23H,2-18H2,1H3;;1H2/q;+1;/p-1. The minimum atomic E-state index is -1.03. The predicted molar refractivity (Wildman–Crippen MR) is 102 cm³/mol. The zero-order valence-electron chi connectivity index (χ0n) is 17.6. The molecule has 0 fully saturated rings. The summed E-state index contributed by atoms with van der Waals surface area (Å²) in [5, 5.41) is 20.1. The summed E-state index contributed by atoms with van der Waals surface area (Å²) in [7, 11) is 0. The van der Waals surface area contributed by atoms with Gasteiger partial charge in [-0.25, -0.2) is 0 Å². The molecule has 2 N–H and O–H groups in total. The molecule has 0 saturated carbocycles. The number of hydrogen-bond donors (Lipinski definition) is 1. The number of rotatable bonds is 16. The summed E-state index contributed by atoms with van der Waals surface area (Å²) in [5.74, 6) is 0.0523. The zero-order chi connectivity index (χ0) is 18.3. The predicted octanol–water partition coefficient (Wildman–Crippen LogP) is -1.02. The quantitative estimate of drug-likeness (QED) is 0.205. The summed E-state index contributed by atoms with van der Waals surface area (Å²) >= 11 is 0. The van der Waals surface area contributed by atoms with Crippen molar-refractivity contribution in [3.05, 3.63) is 0 Å². The summed E-state index contributed by atoms with van der Waals surface area (Å²) in [4.78, 5) is 13.0. The molecule has 1 aliphatic rings. The van der Waals surface area contributed by atoms with Crippen molar-refractivity contribution in [1.29, 1.82) is 0 Å². The number of aliphatic hydroxyl groups excluding tert-OH is 1. The monoisotopic (exact) mass is 394 g/mol. The van der Waals surface area contributed by atoms with Crippen molar-refractivity contribution >= 4 is 11.8 Å². The first-order valence-electron chi connectivity index (χ1n) is 10.4. The Balaban J connectivity index is 0. The van der Waals surface area contributed by atoms with Crippen LogP contribution in [0.3, 0.4) is 0 Å². The minimum Gasteiger partial charge on any atom is -0.870 e. The van der Waals surface area contributed by atoms with Gasteiger partial charge in [-0.05, 0) is 6.42 Å². The van der Waals surface area contributed by atoms with E-state index >= 15 is 0 Å². The molecular weight excluding hydrogens is 355 g/mol. The second-order valence-electron chi connectivity index (χ2n) is 7.21. The maximum atomic E-state index is 10.9. The van der Waals surface area contributed by atoms with Crippen molar-refractivity contribution in [3.8, 4) is 0 Å². The Morgan fingerprint density at radius 2 is 1.56 bits per heavy atom. The Labute approximate surface area is 187 Å². The Bertz CT molecular complexity index is 405. The molecule has 0 radical (unpaired) electrons. The molecule has 0 bridgehead atoms. The van der Waals surface area contributed by atoms with Crippen LogP contribution in [0.5, 0.6) is 0 Å². The Kier molecular flexibility index (Phi) is 20.7. The molecule has 0 spiro atoms. The van der Waals surface area contributed by atoms with Crippen molar-refractivity contribution in [3.63, 3.8) is 0 Å². The van der Waals surface area contributed by atoms with Gasteiger partial charge in [-0.3, -0.25) is 9.48 Å². The van der Waals surface area contributed by atoms with Crippen molar-refractivity contribution < 1.29 is 54.6 Å². The molecule has 0 unspecified atom stereocenters. The number of carbonyl (C=O) groups is 1. The molecule has 0 saturated heterocycles. The van der Waals surface area contributed by atoms with Crippen LogP contribution in [0.4, 0.5) is 0 Å². The average molecular weight is 395 g/mol. The summed E-state index contributed by atoms with van der Waals surface area (Å²) in [6.45, 7) is 4.46. The van der Waals surface area contributed by atoms with E-state index in [-0.39, 0.29) is 48.2 Å². The minimum absolute atomic E-state index is 0. The number of β-amino-alcohol motifs (C(OH)–C–C–N with tert-alkyl or cyclic N) is 1. The van der Waals surface area contributed by atoms with E-state index in [1.165, 1.54) is 64.2 Å². The Hall–Kier alpha value is -0.140. The summed E-state index contributed by atoms with van der Waals surface area (Å²) < 4.78 is 1.90. The van der Waals surface area contributed by atoms with Crippen molar-refractivity contribution in [1.82, 2.24) is 4.90 Å². The normalized spacial score (nSPS) is 13.5. The van der Waals surface area contributed by atoms with Crippen LogP contribution in [0, 0.1) is 0 Å². The van der Waals surface area contributed by atoms with Gasteiger partial charge in [0, 0.05) is 6.42 Å². The topological polar surface area (TPSA) is 96.6 Å². The van der Waals surface area contributed by atoms with Crippen molar-refractivity contribution in [2.75, 3.05) is 32.8 Å². The molecule has 1 rings (SSSR count). The molecule has 0 aromatic rings. The molecule has 0 aliphatic carbocycles. The van der Waals surface area contributed by atoms with Gasteiger partial charge in [0.1, 0.15) is 26.2 Å². The third-order valence-corrected chi connectivity index (χ3v) is 5.06. The number of carbonyl (C=O) groups excluding carboxylic acids is 1. The average Bonchev–Trinajstić information content (AvgIpc) is 2.94. The molecular formula is C20H39N2NaO4. The van der Waals surface area contributed by atoms with Gasteiger partial charge in [0.25, 0.3) is 0 Å². The maximum Gasteiger partial charge on any atom is 1.00 e. The van der Waals surface area contributed by atoms with Crippen molar-refractivity contribution in [2.45, 2.75) is 84.0 Å². The van der Waals surface area contributed by atoms with Crippen molar-refractivity contribution in [2.24, 2.45) is 0 Å². The molecule has 1 heterocycles. The molecule has 0 amide bonds. The first-order chi connectivity index (χ1) is 12.2. The number of aliphatic carboxylic acids is 1. The molecule has 27 heavy (non-hydrogen) atoms. The first-order valence-corrected chi connectivity index (χ1v) is 10.4. The number of nitrogens with zero attached hydrogens (tertiary/aromatic N) is 2.